The van der Waals surface area contributed by atoms with Gasteiger partial charge in [0.1, 0.15) is 11.2 Å². The smallest absolute Gasteiger partial charge is 0.297 e. The van der Waals surface area contributed by atoms with Gasteiger partial charge in [0.15, 0.2) is 0 Å². The van der Waals surface area contributed by atoms with Crippen molar-refractivity contribution < 1.29 is 8.83 Å². The van der Waals surface area contributed by atoms with E-state index in [-0.39, 0.29) is 24.3 Å². The predicted molar refractivity (Wildman–Crippen MR) is 408 cm³/mol. The summed E-state index contributed by atoms with van der Waals surface area (Å²) in [7, 11) is 0. The van der Waals surface area contributed by atoms with Gasteiger partial charge in [-0.1, -0.05) is 204 Å². The predicted octanol–water partition coefficient (Wildman–Crippen LogP) is 19.6. The number of para-hydroxylation sites is 10. The van der Waals surface area contributed by atoms with Crippen LogP contribution in [0.2, 0.25) is 0 Å². The zero-order valence-corrected chi connectivity index (χ0v) is 54.5. The molecule has 8 nitrogen and oxygen atoms in total. The molecule has 0 radical (unpaired) electrons. The zero-order valence-electron chi connectivity index (χ0n) is 54.5. The molecule has 0 bridgehead atoms. The van der Waals surface area contributed by atoms with E-state index in [2.05, 4.69) is 360 Å². The number of anilines is 18. The zero-order chi connectivity index (χ0) is 64.9. The van der Waals surface area contributed by atoms with E-state index < -0.39 is 0 Å². The molecule has 6 aliphatic rings. The first kappa shape index (κ1) is 55.2. The normalized spacial score (nSPS) is 15.1. The Kier molecular flexibility index (Phi) is 11.4. The molecule has 13 aromatic carbocycles. The van der Waals surface area contributed by atoms with Gasteiger partial charge < -0.3 is 38.2 Å². The molecule has 6 aliphatic heterocycles. The molecule has 0 saturated carbocycles. The molecule has 462 valence electrons. The molecular weight excluding hydrogens is 1190 g/mol. The highest BCUT2D eigenvalue weighted by molar-refractivity contribution is 7.02. The number of benzene rings is 13. The van der Waals surface area contributed by atoms with Crippen molar-refractivity contribution >= 4 is 171 Å². The second-order valence-electron chi connectivity index (χ2n) is 27.9. The standard InChI is InChI=1S/C88H62B2N6O2/c1-87(2)63-39-19-23-43-69(63)93(70-44-24-20-40-64(70)87)59-49-75-81-77(51-59)95(57-33-13-7-14-34-57)83-61-37-17-27-47-79(61)97-85(83)89(81)67-53-68-74(54-73(67)91(75)55-29-9-5-10-30-55)92(56-31-11-6-12-32-56)76-50-60(94-71-45-25-21-41-65(71)88(3,4)66-42-22-26-46-72(66)94)52-78-82(76)90(68)86-84(62-38-18-28-48-80(62)98-86)96(78)58-35-15-8-16-36-58/h5-54H,1-4H3. The van der Waals surface area contributed by atoms with E-state index in [1.807, 2.05) is 0 Å². The van der Waals surface area contributed by atoms with Crippen LogP contribution in [-0.2, 0) is 10.8 Å². The third-order valence-electron chi connectivity index (χ3n) is 22.1. The van der Waals surface area contributed by atoms with E-state index in [9.17, 15) is 0 Å². The average molecular weight is 1260 g/mol. The van der Waals surface area contributed by atoms with Crippen LogP contribution in [0.25, 0.3) is 21.9 Å². The Hall–Kier alpha value is -12.1. The number of hydrogen-bond donors (Lipinski definition) is 0. The Balaban J connectivity index is 0.903. The van der Waals surface area contributed by atoms with Crippen LogP contribution in [0.3, 0.4) is 0 Å². The topological polar surface area (TPSA) is 45.7 Å². The molecule has 98 heavy (non-hydrogen) atoms. The maximum atomic E-state index is 7.61. The third-order valence-corrected chi connectivity index (χ3v) is 22.1. The molecule has 21 rings (SSSR count). The summed E-state index contributed by atoms with van der Waals surface area (Å²) < 4.78 is 15.2. The van der Waals surface area contributed by atoms with Crippen LogP contribution in [0.4, 0.5) is 102 Å². The quantitative estimate of drug-likeness (QED) is 0.153. The van der Waals surface area contributed by atoms with Gasteiger partial charge in [0.05, 0.1) is 56.8 Å². The molecule has 10 heteroatoms. The highest BCUT2D eigenvalue weighted by Crippen LogP contribution is 2.58. The molecule has 0 aliphatic carbocycles. The molecule has 0 atom stereocenters. The fraction of sp³-hybridized carbons (Fsp3) is 0.0682. The SMILES string of the molecule is CC1(C)c2ccccc2N(c2cc3c4c(c2)N(c2ccccc2)c2c(oc5ccccc25)B4c2cc4c(cc2N3c2ccccc2)N(c2ccccc2)c2cc(N3c5ccccc5C(C)(C)c5ccccc53)cc3c2B4c2oc4ccccc4c2N3c2ccccc2)c2ccccc21. The number of hydrogen-bond acceptors (Lipinski definition) is 8. The Morgan fingerprint density at radius 1 is 0.245 bits per heavy atom. The van der Waals surface area contributed by atoms with Crippen LogP contribution >= 0.6 is 0 Å². The van der Waals surface area contributed by atoms with Crippen LogP contribution in [-0.4, -0.2) is 13.4 Å². The highest BCUT2D eigenvalue weighted by Gasteiger charge is 2.53. The monoisotopic (exact) mass is 1260 g/mol. The molecular formula is C88H62B2N6O2. The van der Waals surface area contributed by atoms with E-state index >= 15 is 0 Å². The van der Waals surface area contributed by atoms with E-state index in [1.54, 1.807) is 0 Å². The molecule has 0 spiro atoms. The van der Waals surface area contributed by atoms with Crippen molar-refractivity contribution in [2.24, 2.45) is 0 Å². The largest absolute Gasteiger partial charge is 0.468 e. The van der Waals surface area contributed by atoms with Gasteiger partial charge in [0.25, 0.3) is 13.4 Å². The van der Waals surface area contributed by atoms with Gasteiger partial charge in [-0.25, -0.2) is 0 Å². The second-order valence-corrected chi connectivity index (χ2v) is 27.9. The molecule has 0 fully saturated rings. The van der Waals surface area contributed by atoms with Gasteiger partial charge in [0, 0.05) is 78.5 Å². The van der Waals surface area contributed by atoms with Gasteiger partial charge in [0.2, 0.25) is 0 Å². The average Bonchev–Trinajstić information content (AvgIpc) is 1.19. The lowest BCUT2D eigenvalue weighted by Crippen LogP contribution is -2.65. The first-order valence-corrected chi connectivity index (χ1v) is 34.1. The Morgan fingerprint density at radius 2 is 0.520 bits per heavy atom. The maximum absolute atomic E-state index is 7.61. The van der Waals surface area contributed by atoms with E-state index in [0.717, 1.165) is 157 Å². The van der Waals surface area contributed by atoms with Crippen molar-refractivity contribution in [1.29, 1.82) is 0 Å². The number of furan rings is 2. The van der Waals surface area contributed by atoms with Gasteiger partial charge in [-0.05, 0) is 171 Å². The molecule has 0 saturated heterocycles. The maximum Gasteiger partial charge on any atom is 0.297 e. The van der Waals surface area contributed by atoms with Crippen LogP contribution in [0.15, 0.2) is 312 Å². The highest BCUT2D eigenvalue weighted by atomic mass is 16.3. The van der Waals surface area contributed by atoms with Crippen molar-refractivity contribution in [2.45, 2.75) is 38.5 Å². The molecule has 0 unspecified atom stereocenters. The number of nitrogens with zero attached hydrogens (tertiary/aromatic N) is 6. The van der Waals surface area contributed by atoms with E-state index in [1.165, 1.54) is 22.3 Å². The van der Waals surface area contributed by atoms with Gasteiger partial charge in [-0.3, -0.25) is 0 Å². The summed E-state index contributed by atoms with van der Waals surface area (Å²) in [6.45, 7) is 8.71. The molecule has 0 N–H and O–H groups in total. The molecule has 8 heterocycles. The number of fused-ring (bicyclic) bond motifs is 16. The van der Waals surface area contributed by atoms with Crippen LogP contribution in [0, 0.1) is 0 Å². The fourth-order valence-electron chi connectivity index (χ4n) is 17.9. The second kappa shape index (κ2) is 20.2. The van der Waals surface area contributed by atoms with Gasteiger partial charge in [-0.15, -0.1) is 0 Å². The summed E-state index contributed by atoms with van der Waals surface area (Å²) in [5.74, 6) is 0. The van der Waals surface area contributed by atoms with Gasteiger partial charge >= 0.3 is 0 Å². The van der Waals surface area contributed by atoms with Crippen molar-refractivity contribution in [3.8, 4) is 0 Å². The Bertz CT molecular complexity index is 5400. The van der Waals surface area contributed by atoms with Crippen LogP contribution < -0.4 is 62.6 Å². The summed E-state index contributed by atoms with van der Waals surface area (Å²) in [4.78, 5) is 15.2. The molecule has 0 amide bonds. The summed E-state index contributed by atoms with van der Waals surface area (Å²) >= 11 is 0. The summed E-state index contributed by atoms with van der Waals surface area (Å²) in [6.07, 6.45) is 0. The Labute approximate surface area is 569 Å². The van der Waals surface area contributed by atoms with Crippen LogP contribution in [0.5, 0.6) is 0 Å². The van der Waals surface area contributed by atoms with Crippen molar-refractivity contribution in [3.63, 3.8) is 0 Å². The lowest BCUT2D eigenvalue weighted by atomic mass is 9.32. The third kappa shape index (κ3) is 7.46. The minimum atomic E-state index is -0.381. The number of rotatable bonds is 6. The minimum absolute atomic E-state index is 0.266. The van der Waals surface area contributed by atoms with E-state index in [0.29, 0.717) is 0 Å². The fourth-order valence-corrected chi connectivity index (χ4v) is 17.9. The lowest BCUT2D eigenvalue weighted by Gasteiger charge is -2.47. The van der Waals surface area contributed by atoms with Crippen molar-refractivity contribution in [3.05, 3.63) is 326 Å². The van der Waals surface area contributed by atoms with Crippen molar-refractivity contribution in [1.82, 2.24) is 0 Å². The first-order valence-electron chi connectivity index (χ1n) is 34.1. The van der Waals surface area contributed by atoms with Gasteiger partial charge in [-0.2, -0.15) is 0 Å². The lowest BCUT2D eigenvalue weighted by molar-refractivity contribution is 0.632. The summed E-state index contributed by atoms with van der Waals surface area (Å²) in [6, 6.07) is 112. The molecule has 15 aromatic rings. The molecule has 2 aromatic heterocycles. The van der Waals surface area contributed by atoms with E-state index in [4.69, 9.17) is 8.83 Å². The summed E-state index contributed by atoms with van der Waals surface area (Å²) in [5.41, 5.74) is 32.1. The minimum Gasteiger partial charge on any atom is -0.468 e. The Morgan fingerprint density at radius 3 is 0.867 bits per heavy atom. The first-order chi connectivity index (χ1) is 48.2. The summed E-state index contributed by atoms with van der Waals surface area (Å²) in [5, 5.41) is 2.11. The van der Waals surface area contributed by atoms with Crippen LogP contribution in [0.1, 0.15) is 49.9 Å². The van der Waals surface area contributed by atoms with Crippen molar-refractivity contribution in [2.75, 3.05) is 29.4 Å².